The molecule has 3 aromatic rings. The lowest BCUT2D eigenvalue weighted by atomic mass is 10.2. The Hall–Kier alpha value is -1.85. The number of nitrogens with two attached hydrogens (primary N) is 1. The maximum Gasteiger partial charge on any atom is 0.180 e. The van der Waals surface area contributed by atoms with E-state index in [4.69, 9.17) is 10.5 Å². The van der Waals surface area contributed by atoms with Gasteiger partial charge in [0.15, 0.2) is 5.13 Å². The minimum atomic E-state index is 0.519. The van der Waals surface area contributed by atoms with Crippen LogP contribution in [0.2, 0.25) is 0 Å². The maximum atomic E-state index is 6.01. The van der Waals surface area contributed by atoms with E-state index in [-0.39, 0.29) is 0 Å². The van der Waals surface area contributed by atoms with Crippen LogP contribution in [0.15, 0.2) is 59.2 Å². The van der Waals surface area contributed by atoms with Crippen molar-refractivity contribution in [2.24, 2.45) is 0 Å². The predicted molar refractivity (Wildman–Crippen MR) is 90.4 cm³/mol. The lowest BCUT2D eigenvalue weighted by Crippen LogP contribution is -1.97. The van der Waals surface area contributed by atoms with E-state index in [9.17, 15) is 0 Å². The Labute approximate surface area is 135 Å². The zero-order valence-electron chi connectivity index (χ0n) is 11.1. The Balaban J connectivity index is 1.90. The molecule has 2 N–H and O–H groups in total. The molecule has 0 aliphatic rings. The average molecular weight is 361 g/mol. The molecule has 0 saturated carbocycles. The normalized spacial score (nSPS) is 10.5. The van der Waals surface area contributed by atoms with E-state index in [1.807, 2.05) is 48.5 Å². The Kier molecular flexibility index (Phi) is 4.22. The van der Waals surface area contributed by atoms with Crippen molar-refractivity contribution in [3.8, 4) is 16.2 Å². The van der Waals surface area contributed by atoms with E-state index in [0.29, 0.717) is 11.7 Å². The monoisotopic (exact) mass is 360 g/mol. The number of ether oxygens (including phenoxy) is 1. The van der Waals surface area contributed by atoms with Crippen molar-refractivity contribution in [3.63, 3.8) is 0 Å². The Morgan fingerprint density at radius 1 is 1.10 bits per heavy atom. The summed E-state index contributed by atoms with van der Waals surface area (Å²) in [6, 6.07) is 16.0. The van der Waals surface area contributed by atoms with Gasteiger partial charge in [0.2, 0.25) is 0 Å². The summed E-state index contributed by atoms with van der Waals surface area (Å²) in [6.45, 7) is 0.519. The molecule has 1 aromatic heterocycles. The van der Waals surface area contributed by atoms with Gasteiger partial charge in [-0.05, 0) is 33.6 Å². The maximum absolute atomic E-state index is 6.01. The van der Waals surface area contributed by atoms with E-state index in [0.717, 1.165) is 26.2 Å². The van der Waals surface area contributed by atoms with Crippen molar-refractivity contribution in [1.82, 2.24) is 4.98 Å². The molecular formula is C16H13BrN2OS. The van der Waals surface area contributed by atoms with Crippen LogP contribution in [0, 0.1) is 0 Å². The van der Waals surface area contributed by atoms with Crippen molar-refractivity contribution in [2.75, 3.05) is 5.73 Å². The second-order valence-electron chi connectivity index (χ2n) is 4.45. The molecule has 2 aromatic carbocycles. The van der Waals surface area contributed by atoms with Crippen molar-refractivity contribution in [2.45, 2.75) is 6.61 Å². The summed E-state index contributed by atoms with van der Waals surface area (Å²) in [5.74, 6) is 0.810. The molecule has 0 aliphatic carbocycles. The Morgan fingerprint density at radius 3 is 2.62 bits per heavy atom. The van der Waals surface area contributed by atoms with Crippen LogP contribution < -0.4 is 10.5 Å². The molecule has 0 amide bonds. The first-order valence-electron chi connectivity index (χ1n) is 6.41. The Bertz CT molecular complexity index is 743. The fourth-order valence-corrected chi connectivity index (χ4v) is 3.18. The number of nitrogens with zero attached hydrogens (tertiary/aromatic N) is 1. The molecule has 5 heteroatoms. The smallest absolute Gasteiger partial charge is 0.180 e. The molecule has 0 radical (unpaired) electrons. The van der Waals surface area contributed by atoms with Gasteiger partial charge >= 0.3 is 0 Å². The van der Waals surface area contributed by atoms with Gasteiger partial charge in [0.1, 0.15) is 12.4 Å². The molecule has 0 atom stereocenters. The quantitative estimate of drug-likeness (QED) is 0.731. The largest absolute Gasteiger partial charge is 0.487 e. The molecule has 0 fully saturated rings. The zero-order chi connectivity index (χ0) is 14.7. The fraction of sp³-hybridized carbons (Fsp3) is 0.0625. The zero-order valence-corrected chi connectivity index (χ0v) is 13.5. The van der Waals surface area contributed by atoms with Gasteiger partial charge in [0, 0.05) is 11.8 Å². The van der Waals surface area contributed by atoms with Gasteiger partial charge in [-0.2, -0.15) is 0 Å². The highest BCUT2D eigenvalue weighted by Crippen LogP contribution is 2.39. The van der Waals surface area contributed by atoms with Gasteiger partial charge in [0.05, 0.1) is 9.35 Å². The molecule has 0 saturated heterocycles. The minimum absolute atomic E-state index is 0.519. The topological polar surface area (TPSA) is 48.1 Å². The number of halogens is 1. The third kappa shape index (κ3) is 3.25. The molecule has 3 rings (SSSR count). The van der Waals surface area contributed by atoms with Gasteiger partial charge in [-0.25, -0.2) is 4.98 Å². The van der Waals surface area contributed by atoms with Crippen LogP contribution in [0.25, 0.3) is 10.4 Å². The number of hydrogen-bond acceptors (Lipinski definition) is 4. The first-order valence-corrected chi connectivity index (χ1v) is 8.02. The molecule has 0 bridgehead atoms. The van der Waals surface area contributed by atoms with Crippen LogP contribution in [0.1, 0.15) is 5.56 Å². The summed E-state index contributed by atoms with van der Waals surface area (Å²) < 4.78 is 6.93. The summed E-state index contributed by atoms with van der Waals surface area (Å²) in [5, 5.41) is 0.555. The molecular weight excluding hydrogens is 348 g/mol. The van der Waals surface area contributed by atoms with Gasteiger partial charge in [-0.15, -0.1) is 0 Å². The SMILES string of the molecule is Nc1ncc(-c2cccc(Br)c2OCc2ccccc2)s1. The van der Waals surface area contributed by atoms with Crippen LogP contribution in [0.5, 0.6) is 5.75 Å². The average Bonchev–Trinajstić information content (AvgIpc) is 2.93. The number of aromatic nitrogens is 1. The fourth-order valence-electron chi connectivity index (χ4n) is 1.99. The Morgan fingerprint density at radius 2 is 1.90 bits per heavy atom. The first kappa shape index (κ1) is 14.1. The van der Waals surface area contributed by atoms with Gasteiger partial charge in [0.25, 0.3) is 0 Å². The van der Waals surface area contributed by atoms with Gasteiger partial charge in [-0.3, -0.25) is 0 Å². The lowest BCUT2D eigenvalue weighted by Gasteiger charge is -2.12. The van der Waals surface area contributed by atoms with Crippen molar-refractivity contribution in [1.29, 1.82) is 0 Å². The number of rotatable bonds is 4. The van der Waals surface area contributed by atoms with Gasteiger partial charge < -0.3 is 10.5 Å². The minimum Gasteiger partial charge on any atom is -0.487 e. The van der Waals surface area contributed by atoms with E-state index in [1.165, 1.54) is 11.3 Å². The van der Waals surface area contributed by atoms with Crippen LogP contribution in [0.3, 0.4) is 0 Å². The number of para-hydroxylation sites is 1. The molecule has 0 spiro atoms. The highest BCUT2D eigenvalue weighted by atomic mass is 79.9. The van der Waals surface area contributed by atoms with Crippen LogP contribution in [-0.2, 0) is 6.61 Å². The summed E-state index contributed by atoms with van der Waals surface area (Å²) in [6.07, 6.45) is 1.77. The van der Waals surface area contributed by atoms with E-state index in [2.05, 4.69) is 20.9 Å². The summed E-state index contributed by atoms with van der Waals surface area (Å²) >= 11 is 5.00. The third-order valence-electron chi connectivity index (χ3n) is 2.98. The third-order valence-corrected chi connectivity index (χ3v) is 4.47. The van der Waals surface area contributed by atoms with Crippen LogP contribution in [0.4, 0.5) is 5.13 Å². The molecule has 0 aliphatic heterocycles. The molecule has 106 valence electrons. The standard InChI is InChI=1S/C16H13BrN2OS/c17-13-8-4-7-12(14-9-19-16(18)21-14)15(13)20-10-11-5-2-1-3-6-11/h1-9H,10H2,(H2,18,19). The molecule has 0 unspecified atom stereocenters. The first-order chi connectivity index (χ1) is 10.2. The van der Waals surface area contributed by atoms with Crippen molar-refractivity contribution >= 4 is 32.4 Å². The van der Waals surface area contributed by atoms with Gasteiger partial charge in [-0.1, -0.05) is 47.7 Å². The van der Waals surface area contributed by atoms with E-state index < -0.39 is 0 Å². The van der Waals surface area contributed by atoms with E-state index >= 15 is 0 Å². The second-order valence-corrected chi connectivity index (χ2v) is 6.37. The lowest BCUT2D eigenvalue weighted by molar-refractivity contribution is 0.305. The number of benzene rings is 2. The molecule has 21 heavy (non-hydrogen) atoms. The van der Waals surface area contributed by atoms with E-state index in [1.54, 1.807) is 6.20 Å². The van der Waals surface area contributed by atoms with Crippen molar-refractivity contribution in [3.05, 3.63) is 64.8 Å². The number of thiazole rings is 1. The predicted octanol–water partition coefficient (Wildman–Crippen LogP) is 4.73. The number of nitrogen functional groups attached to an aromatic ring is 1. The highest BCUT2D eigenvalue weighted by molar-refractivity contribution is 9.10. The molecule has 3 nitrogen and oxygen atoms in total. The highest BCUT2D eigenvalue weighted by Gasteiger charge is 2.12. The van der Waals surface area contributed by atoms with Crippen LogP contribution in [-0.4, -0.2) is 4.98 Å². The molecule has 1 heterocycles. The number of hydrogen-bond donors (Lipinski definition) is 1. The summed E-state index contributed by atoms with van der Waals surface area (Å²) in [5.41, 5.74) is 7.85. The summed E-state index contributed by atoms with van der Waals surface area (Å²) in [4.78, 5) is 5.10. The van der Waals surface area contributed by atoms with Crippen LogP contribution >= 0.6 is 27.3 Å². The number of anilines is 1. The van der Waals surface area contributed by atoms with Crippen molar-refractivity contribution < 1.29 is 4.74 Å². The second kappa shape index (κ2) is 6.28. The summed E-state index contributed by atoms with van der Waals surface area (Å²) in [7, 11) is 0.